The van der Waals surface area contributed by atoms with Gasteiger partial charge in [0.25, 0.3) is 0 Å². The van der Waals surface area contributed by atoms with E-state index in [1.54, 1.807) is 6.07 Å². The lowest BCUT2D eigenvalue weighted by atomic mass is 10.1. The van der Waals surface area contributed by atoms with E-state index in [1.807, 2.05) is 31.9 Å². The van der Waals surface area contributed by atoms with Gasteiger partial charge in [-0.05, 0) is 38.6 Å². The average Bonchev–Trinajstić information content (AvgIpc) is 2.77. The summed E-state index contributed by atoms with van der Waals surface area (Å²) in [5.74, 6) is -0.898. The first kappa shape index (κ1) is 13.7. The SMILES string of the molecule is Cc1cc(CN(C)C(C)c2ccc(F)c(F)c2)no1. The monoisotopic (exact) mass is 266 g/mol. The molecule has 0 aliphatic carbocycles. The molecule has 19 heavy (non-hydrogen) atoms. The summed E-state index contributed by atoms with van der Waals surface area (Å²) >= 11 is 0. The quantitative estimate of drug-likeness (QED) is 0.848. The Morgan fingerprint density at radius 3 is 2.58 bits per heavy atom. The second-order valence-electron chi connectivity index (χ2n) is 4.69. The average molecular weight is 266 g/mol. The highest BCUT2D eigenvalue weighted by molar-refractivity contribution is 5.21. The minimum atomic E-state index is -0.828. The Kier molecular flexibility index (Phi) is 3.95. The van der Waals surface area contributed by atoms with Gasteiger partial charge in [0.1, 0.15) is 5.76 Å². The van der Waals surface area contributed by atoms with E-state index < -0.39 is 11.6 Å². The maximum Gasteiger partial charge on any atom is 0.159 e. The molecular formula is C14H16F2N2O. The fourth-order valence-electron chi connectivity index (χ4n) is 1.91. The molecule has 0 fully saturated rings. The molecule has 0 bridgehead atoms. The van der Waals surface area contributed by atoms with Crippen LogP contribution in [0.1, 0.15) is 30.0 Å². The summed E-state index contributed by atoms with van der Waals surface area (Å²) in [5.41, 5.74) is 1.54. The van der Waals surface area contributed by atoms with Crippen molar-refractivity contribution in [1.82, 2.24) is 10.1 Å². The van der Waals surface area contributed by atoms with E-state index in [0.29, 0.717) is 6.54 Å². The topological polar surface area (TPSA) is 29.3 Å². The molecule has 5 heteroatoms. The van der Waals surface area contributed by atoms with Crippen molar-refractivity contribution in [2.45, 2.75) is 26.4 Å². The van der Waals surface area contributed by atoms with Crippen molar-refractivity contribution in [3.05, 3.63) is 52.9 Å². The zero-order valence-electron chi connectivity index (χ0n) is 11.2. The molecule has 1 unspecified atom stereocenters. The molecular weight excluding hydrogens is 250 g/mol. The minimum Gasteiger partial charge on any atom is -0.361 e. The van der Waals surface area contributed by atoms with Gasteiger partial charge < -0.3 is 4.52 Å². The fourth-order valence-corrected chi connectivity index (χ4v) is 1.91. The highest BCUT2D eigenvalue weighted by atomic mass is 19.2. The summed E-state index contributed by atoms with van der Waals surface area (Å²) in [6.45, 7) is 4.34. The molecule has 3 nitrogen and oxygen atoms in total. The summed E-state index contributed by atoms with van der Waals surface area (Å²) in [7, 11) is 1.90. The number of hydrogen-bond donors (Lipinski definition) is 0. The highest BCUT2D eigenvalue weighted by Crippen LogP contribution is 2.22. The standard InChI is InChI=1S/C14H16F2N2O/c1-9-6-12(17-19-9)8-18(3)10(2)11-4-5-13(15)14(16)7-11/h4-7,10H,8H2,1-3H3. The van der Waals surface area contributed by atoms with Gasteiger partial charge in [0.05, 0.1) is 5.69 Å². The van der Waals surface area contributed by atoms with Crippen LogP contribution in [0, 0.1) is 18.6 Å². The zero-order valence-corrected chi connectivity index (χ0v) is 11.2. The van der Waals surface area contributed by atoms with Crippen LogP contribution in [0.4, 0.5) is 8.78 Å². The van der Waals surface area contributed by atoms with Crippen molar-refractivity contribution in [3.63, 3.8) is 0 Å². The van der Waals surface area contributed by atoms with Crippen LogP contribution < -0.4 is 0 Å². The maximum atomic E-state index is 13.2. The second-order valence-corrected chi connectivity index (χ2v) is 4.69. The summed E-state index contributed by atoms with van der Waals surface area (Å²) in [5, 5.41) is 3.91. The smallest absolute Gasteiger partial charge is 0.159 e. The normalized spacial score (nSPS) is 12.9. The van der Waals surface area contributed by atoms with Crippen LogP contribution in [0.3, 0.4) is 0 Å². The van der Waals surface area contributed by atoms with Crippen molar-refractivity contribution >= 4 is 0 Å². The van der Waals surface area contributed by atoms with E-state index in [9.17, 15) is 8.78 Å². The first-order chi connectivity index (χ1) is 8.97. The van der Waals surface area contributed by atoms with Gasteiger partial charge in [0.2, 0.25) is 0 Å². The molecule has 2 rings (SSSR count). The second kappa shape index (κ2) is 5.48. The van der Waals surface area contributed by atoms with E-state index in [2.05, 4.69) is 5.16 Å². The van der Waals surface area contributed by atoms with Crippen molar-refractivity contribution in [2.24, 2.45) is 0 Å². The summed E-state index contributed by atoms with van der Waals surface area (Å²) in [4.78, 5) is 1.99. The highest BCUT2D eigenvalue weighted by Gasteiger charge is 2.15. The van der Waals surface area contributed by atoms with E-state index in [4.69, 9.17) is 4.52 Å². The van der Waals surface area contributed by atoms with Gasteiger partial charge in [-0.15, -0.1) is 0 Å². The number of aryl methyl sites for hydroxylation is 1. The van der Waals surface area contributed by atoms with Crippen molar-refractivity contribution in [3.8, 4) is 0 Å². The molecule has 0 saturated heterocycles. The Morgan fingerprint density at radius 1 is 1.26 bits per heavy atom. The summed E-state index contributed by atoms with van der Waals surface area (Å²) < 4.78 is 31.1. The van der Waals surface area contributed by atoms with E-state index in [0.717, 1.165) is 23.1 Å². The van der Waals surface area contributed by atoms with Crippen LogP contribution in [0.5, 0.6) is 0 Å². The van der Waals surface area contributed by atoms with Crippen LogP contribution in [-0.4, -0.2) is 17.1 Å². The molecule has 1 atom stereocenters. The van der Waals surface area contributed by atoms with Crippen molar-refractivity contribution in [2.75, 3.05) is 7.05 Å². The minimum absolute atomic E-state index is 0.0490. The molecule has 0 aliphatic rings. The van der Waals surface area contributed by atoms with Gasteiger partial charge in [-0.2, -0.15) is 0 Å². The van der Waals surface area contributed by atoms with Gasteiger partial charge >= 0.3 is 0 Å². The van der Waals surface area contributed by atoms with Gasteiger partial charge in [-0.3, -0.25) is 4.90 Å². The van der Waals surface area contributed by atoms with E-state index >= 15 is 0 Å². The Balaban J connectivity index is 2.09. The van der Waals surface area contributed by atoms with Gasteiger partial charge in [-0.1, -0.05) is 11.2 Å². The summed E-state index contributed by atoms with van der Waals surface area (Å²) in [6.07, 6.45) is 0. The Morgan fingerprint density at radius 2 is 2.00 bits per heavy atom. The number of halogens is 2. The lowest BCUT2D eigenvalue weighted by Gasteiger charge is -2.24. The van der Waals surface area contributed by atoms with Crippen molar-refractivity contribution < 1.29 is 13.3 Å². The molecule has 0 N–H and O–H groups in total. The zero-order chi connectivity index (χ0) is 14.0. The molecule has 1 aromatic heterocycles. The van der Waals surface area contributed by atoms with Crippen LogP contribution in [-0.2, 0) is 6.54 Å². The molecule has 1 heterocycles. The fraction of sp³-hybridized carbons (Fsp3) is 0.357. The molecule has 0 saturated carbocycles. The van der Waals surface area contributed by atoms with Gasteiger partial charge in [0.15, 0.2) is 11.6 Å². The third-order valence-electron chi connectivity index (χ3n) is 3.18. The first-order valence-electron chi connectivity index (χ1n) is 6.04. The number of benzene rings is 1. The van der Waals surface area contributed by atoms with E-state index in [1.165, 1.54) is 6.07 Å². The molecule has 1 aromatic carbocycles. The summed E-state index contributed by atoms with van der Waals surface area (Å²) in [6, 6.07) is 5.77. The van der Waals surface area contributed by atoms with Crippen LogP contribution in [0.2, 0.25) is 0 Å². The lowest BCUT2D eigenvalue weighted by molar-refractivity contribution is 0.243. The van der Waals surface area contributed by atoms with Gasteiger partial charge in [-0.25, -0.2) is 8.78 Å². The Hall–Kier alpha value is -1.75. The first-order valence-corrected chi connectivity index (χ1v) is 6.04. The van der Waals surface area contributed by atoms with Crippen LogP contribution in [0.15, 0.2) is 28.8 Å². The third-order valence-corrected chi connectivity index (χ3v) is 3.18. The maximum absolute atomic E-state index is 13.2. The number of hydrogen-bond acceptors (Lipinski definition) is 3. The van der Waals surface area contributed by atoms with Gasteiger partial charge in [0, 0.05) is 18.7 Å². The van der Waals surface area contributed by atoms with E-state index in [-0.39, 0.29) is 6.04 Å². The molecule has 0 radical (unpaired) electrons. The molecule has 0 spiro atoms. The number of nitrogens with zero attached hydrogens (tertiary/aromatic N) is 2. The molecule has 0 amide bonds. The van der Waals surface area contributed by atoms with Crippen LogP contribution in [0.25, 0.3) is 0 Å². The third kappa shape index (κ3) is 3.17. The predicted octanol–water partition coefficient (Wildman–Crippen LogP) is 3.45. The number of rotatable bonds is 4. The number of aromatic nitrogens is 1. The Bertz CT molecular complexity index is 568. The van der Waals surface area contributed by atoms with Crippen LogP contribution >= 0.6 is 0 Å². The lowest BCUT2D eigenvalue weighted by Crippen LogP contribution is -2.22. The Labute approximate surface area is 110 Å². The predicted molar refractivity (Wildman–Crippen MR) is 67.5 cm³/mol. The largest absolute Gasteiger partial charge is 0.361 e. The molecule has 102 valence electrons. The molecule has 2 aromatic rings. The van der Waals surface area contributed by atoms with Crippen molar-refractivity contribution in [1.29, 1.82) is 0 Å². The molecule has 0 aliphatic heterocycles.